The Morgan fingerprint density at radius 1 is 1.09 bits per heavy atom. The second-order valence-corrected chi connectivity index (χ2v) is 7.61. The van der Waals surface area contributed by atoms with Gasteiger partial charge in [0, 0.05) is 19.2 Å². The molecule has 1 saturated heterocycles. The summed E-state index contributed by atoms with van der Waals surface area (Å²) in [5, 5.41) is 21.3. The fraction of sp³-hybridized carbons (Fsp3) is 0.333. The summed E-state index contributed by atoms with van der Waals surface area (Å²) in [6, 6.07) is 10.3. The number of hydrogen-bond donors (Lipinski definition) is 2. The highest BCUT2D eigenvalue weighted by atomic mass is 16.5. The van der Waals surface area contributed by atoms with Gasteiger partial charge in [0.25, 0.3) is 11.7 Å². The number of phenolic OH excluding ortho intramolecular Hbond substituents is 1. The normalized spacial score (nSPS) is 17.8. The van der Waals surface area contributed by atoms with Gasteiger partial charge in [-0.05, 0) is 55.8 Å². The van der Waals surface area contributed by atoms with Crippen LogP contribution in [-0.4, -0.2) is 60.3 Å². The minimum absolute atomic E-state index is 0.0108. The third-order valence-electron chi connectivity index (χ3n) is 5.09. The lowest BCUT2D eigenvalue weighted by Gasteiger charge is -2.25. The number of hydrogen-bond acceptors (Lipinski definition) is 7. The van der Waals surface area contributed by atoms with E-state index in [1.54, 1.807) is 36.4 Å². The van der Waals surface area contributed by atoms with Gasteiger partial charge in [-0.15, -0.1) is 0 Å². The van der Waals surface area contributed by atoms with Crippen LogP contribution in [0.25, 0.3) is 5.76 Å². The number of ether oxygens (including phenoxy) is 3. The Balaban J connectivity index is 2.10. The van der Waals surface area contributed by atoms with E-state index in [1.807, 2.05) is 13.8 Å². The molecule has 2 N–H and O–H groups in total. The summed E-state index contributed by atoms with van der Waals surface area (Å²) >= 11 is 0. The Hall–Kier alpha value is -3.52. The minimum atomic E-state index is -0.895. The molecular weight excluding hydrogens is 414 g/mol. The molecule has 8 heteroatoms. The van der Waals surface area contributed by atoms with E-state index in [-0.39, 0.29) is 42.1 Å². The molecular formula is C24H27NO7. The number of amides is 1. The number of ketones is 1. The van der Waals surface area contributed by atoms with Crippen molar-refractivity contribution >= 4 is 17.4 Å². The van der Waals surface area contributed by atoms with Crippen molar-refractivity contribution in [3.63, 3.8) is 0 Å². The number of Topliss-reactive ketones (excluding diaryl/α,β-unsaturated/α-hetero) is 1. The molecule has 32 heavy (non-hydrogen) atoms. The highest BCUT2D eigenvalue weighted by Gasteiger charge is 2.46. The second-order valence-electron chi connectivity index (χ2n) is 7.61. The largest absolute Gasteiger partial charge is 0.507 e. The van der Waals surface area contributed by atoms with Crippen LogP contribution in [0.4, 0.5) is 0 Å². The van der Waals surface area contributed by atoms with Crippen molar-refractivity contribution in [2.75, 3.05) is 27.4 Å². The molecule has 2 aromatic rings. The van der Waals surface area contributed by atoms with Gasteiger partial charge in [-0.1, -0.05) is 6.07 Å². The van der Waals surface area contributed by atoms with Crippen LogP contribution >= 0.6 is 0 Å². The van der Waals surface area contributed by atoms with Gasteiger partial charge >= 0.3 is 0 Å². The predicted octanol–water partition coefficient (Wildman–Crippen LogP) is 3.26. The predicted molar refractivity (Wildman–Crippen MR) is 118 cm³/mol. The van der Waals surface area contributed by atoms with Crippen LogP contribution < -0.4 is 9.47 Å². The molecule has 0 aliphatic carbocycles. The van der Waals surface area contributed by atoms with E-state index in [2.05, 4.69) is 0 Å². The number of aromatic hydroxyl groups is 1. The minimum Gasteiger partial charge on any atom is -0.507 e. The molecule has 3 rings (SSSR count). The van der Waals surface area contributed by atoms with Crippen LogP contribution in [0.1, 0.15) is 31.0 Å². The van der Waals surface area contributed by atoms with E-state index in [0.29, 0.717) is 16.9 Å². The number of carbonyl (C=O) groups excluding carboxylic acids is 2. The number of likely N-dealkylation sites (tertiary alicyclic amines) is 1. The molecule has 2 aromatic carbocycles. The molecule has 0 saturated carbocycles. The monoisotopic (exact) mass is 441 g/mol. The van der Waals surface area contributed by atoms with Crippen molar-refractivity contribution in [3.8, 4) is 17.2 Å². The lowest BCUT2D eigenvalue weighted by molar-refractivity contribution is -0.140. The molecule has 1 fully saturated rings. The van der Waals surface area contributed by atoms with E-state index in [0.717, 1.165) is 0 Å². The lowest BCUT2D eigenvalue weighted by Crippen LogP contribution is -2.32. The summed E-state index contributed by atoms with van der Waals surface area (Å²) in [7, 11) is 2.91. The molecule has 0 aromatic heterocycles. The zero-order valence-electron chi connectivity index (χ0n) is 18.5. The highest BCUT2D eigenvalue weighted by Crippen LogP contribution is 2.41. The van der Waals surface area contributed by atoms with Crippen LogP contribution in [0.3, 0.4) is 0 Å². The van der Waals surface area contributed by atoms with Crippen molar-refractivity contribution in [3.05, 3.63) is 59.2 Å². The standard InChI is InChI=1S/C24H27NO7/c1-14(2)32-17-8-5-15(6-9-17)22(27)20-21(16-7-10-19(31-4)18(26)13-16)25(11-12-30-3)24(29)23(20)28/h5-10,13-14,21,26-27H,11-12H2,1-4H3/b22-20-. The molecule has 1 amide bonds. The van der Waals surface area contributed by atoms with Gasteiger partial charge in [0.2, 0.25) is 0 Å². The maximum Gasteiger partial charge on any atom is 0.295 e. The number of aliphatic hydroxyl groups excluding tert-OH is 1. The average Bonchev–Trinajstić information content (AvgIpc) is 3.02. The van der Waals surface area contributed by atoms with Crippen molar-refractivity contribution in [2.45, 2.75) is 26.0 Å². The summed E-state index contributed by atoms with van der Waals surface area (Å²) in [6.45, 7) is 4.14. The lowest BCUT2D eigenvalue weighted by atomic mass is 9.95. The van der Waals surface area contributed by atoms with Crippen LogP contribution in [0.15, 0.2) is 48.0 Å². The summed E-state index contributed by atoms with van der Waals surface area (Å²) in [6.07, 6.45) is -0.0108. The average molecular weight is 441 g/mol. The number of phenols is 1. The van der Waals surface area contributed by atoms with Gasteiger partial charge in [-0.3, -0.25) is 9.59 Å². The van der Waals surface area contributed by atoms with Crippen molar-refractivity contribution in [2.24, 2.45) is 0 Å². The van der Waals surface area contributed by atoms with Crippen molar-refractivity contribution < 1.29 is 34.0 Å². The second kappa shape index (κ2) is 9.74. The highest BCUT2D eigenvalue weighted by molar-refractivity contribution is 6.46. The van der Waals surface area contributed by atoms with E-state index in [9.17, 15) is 19.8 Å². The number of nitrogens with zero attached hydrogens (tertiary/aromatic N) is 1. The topological polar surface area (TPSA) is 106 Å². The molecule has 0 spiro atoms. The Morgan fingerprint density at radius 3 is 2.34 bits per heavy atom. The number of aliphatic hydroxyl groups is 1. The van der Waals surface area contributed by atoms with Gasteiger partial charge in [0.15, 0.2) is 11.5 Å². The maximum atomic E-state index is 12.9. The van der Waals surface area contributed by atoms with E-state index >= 15 is 0 Å². The van der Waals surface area contributed by atoms with Crippen LogP contribution in [0, 0.1) is 0 Å². The molecule has 8 nitrogen and oxygen atoms in total. The SMILES string of the molecule is COCCN1C(=O)C(=O)/C(=C(\O)c2ccc(OC(C)C)cc2)C1c1ccc(OC)c(O)c1. The number of carbonyl (C=O) groups is 2. The third-order valence-corrected chi connectivity index (χ3v) is 5.09. The zero-order chi connectivity index (χ0) is 23.4. The summed E-state index contributed by atoms with van der Waals surface area (Å²) in [4.78, 5) is 27.1. The molecule has 1 aliphatic heterocycles. The van der Waals surface area contributed by atoms with Crippen molar-refractivity contribution in [1.29, 1.82) is 0 Å². The van der Waals surface area contributed by atoms with E-state index in [1.165, 1.54) is 25.2 Å². The molecule has 0 bridgehead atoms. The first kappa shape index (κ1) is 23.1. The third kappa shape index (κ3) is 4.55. The number of benzene rings is 2. The molecule has 170 valence electrons. The fourth-order valence-electron chi connectivity index (χ4n) is 3.64. The van der Waals surface area contributed by atoms with E-state index < -0.39 is 17.7 Å². The first-order valence-corrected chi connectivity index (χ1v) is 10.2. The van der Waals surface area contributed by atoms with Gasteiger partial charge in [-0.2, -0.15) is 0 Å². The number of rotatable bonds is 8. The molecule has 1 unspecified atom stereocenters. The summed E-state index contributed by atoms with van der Waals surface area (Å²) in [5.74, 6) is -1.13. The van der Waals surface area contributed by atoms with Crippen LogP contribution in [0.2, 0.25) is 0 Å². The molecule has 0 radical (unpaired) electrons. The number of methoxy groups -OCH3 is 2. The molecule has 1 heterocycles. The first-order valence-electron chi connectivity index (χ1n) is 10.2. The van der Waals surface area contributed by atoms with Gasteiger partial charge < -0.3 is 29.3 Å². The van der Waals surface area contributed by atoms with Gasteiger partial charge in [-0.25, -0.2) is 0 Å². The first-order chi connectivity index (χ1) is 15.3. The van der Waals surface area contributed by atoms with Crippen LogP contribution in [0.5, 0.6) is 17.2 Å². The Morgan fingerprint density at radius 2 is 1.78 bits per heavy atom. The smallest absolute Gasteiger partial charge is 0.295 e. The van der Waals surface area contributed by atoms with Crippen molar-refractivity contribution in [1.82, 2.24) is 4.90 Å². The zero-order valence-corrected chi connectivity index (χ0v) is 18.5. The fourth-order valence-corrected chi connectivity index (χ4v) is 3.64. The Labute approximate surface area is 186 Å². The van der Waals surface area contributed by atoms with Crippen LogP contribution in [-0.2, 0) is 14.3 Å². The maximum absolute atomic E-state index is 12.9. The summed E-state index contributed by atoms with van der Waals surface area (Å²) < 4.78 is 15.8. The quantitative estimate of drug-likeness (QED) is 0.368. The molecule has 1 atom stereocenters. The Kier molecular flexibility index (Phi) is 7.05. The van der Waals surface area contributed by atoms with Gasteiger partial charge in [0.1, 0.15) is 11.5 Å². The Bertz CT molecular complexity index is 1030. The molecule has 1 aliphatic rings. The summed E-state index contributed by atoms with van der Waals surface area (Å²) in [5.41, 5.74) is 0.765. The van der Waals surface area contributed by atoms with E-state index in [4.69, 9.17) is 14.2 Å². The van der Waals surface area contributed by atoms with Gasteiger partial charge in [0.05, 0.1) is 31.4 Å².